The highest BCUT2D eigenvalue weighted by Gasteiger charge is 2.51. The number of urea groups is 1. The van der Waals surface area contributed by atoms with Crippen molar-refractivity contribution in [2.75, 3.05) is 6.61 Å². The van der Waals surface area contributed by atoms with E-state index in [0.717, 1.165) is 11.2 Å². The van der Waals surface area contributed by atoms with Gasteiger partial charge in [-0.05, 0) is 0 Å². The van der Waals surface area contributed by atoms with Crippen molar-refractivity contribution in [1.82, 2.24) is 4.90 Å². The lowest BCUT2D eigenvalue weighted by atomic mass is 10.1. The third-order valence-corrected chi connectivity index (χ3v) is 3.18. The average molecular weight is 282 g/mol. The summed E-state index contributed by atoms with van der Waals surface area (Å²) in [5.74, 6) is -0.817. The quantitative estimate of drug-likeness (QED) is 0.501. The molecular formula is C10H10N4O6. The number of hydrogen-bond acceptors (Lipinski definition) is 7. The van der Waals surface area contributed by atoms with Crippen LogP contribution in [0.15, 0.2) is 15.0 Å². The maximum Gasteiger partial charge on any atom is 0.352 e. The van der Waals surface area contributed by atoms with E-state index in [1.54, 1.807) is 0 Å². The van der Waals surface area contributed by atoms with Gasteiger partial charge < -0.3 is 20.1 Å². The summed E-state index contributed by atoms with van der Waals surface area (Å²) in [6.07, 6.45) is -4.18. The van der Waals surface area contributed by atoms with Gasteiger partial charge in [-0.1, -0.05) is 0 Å². The first-order valence-corrected chi connectivity index (χ1v) is 5.74. The van der Waals surface area contributed by atoms with Crippen molar-refractivity contribution in [1.29, 1.82) is 0 Å². The van der Waals surface area contributed by atoms with Crippen LogP contribution in [0.3, 0.4) is 0 Å². The number of ether oxygens (including phenoxy) is 1. The van der Waals surface area contributed by atoms with Gasteiger partial charge in [0.25, 0.3) is 0 Å². The van der Waals surface area contributed by atoms with Crippen molar-refractivity contribution in [3.05, 3.63) is 0 Å². The lowest BCUT2D eigenvalue weighted by Gasteiger charge is -2.25. The Morgan fingerprint density at radius 1 is 1.30 bits per heavy atom. The molecular weight excluding hydrogens is 272 g/mol. The first kappa shape index (κ1) is 13.0. The molecule has 0 aromatic rings. The molecule has 4 atom stereocenters. The first-order chi connectivity index (χ1) is 9.54. The van der Waals surface area contributed by atoms with E-state index in [9.17, 15) is 19.8 Å². The van der Waals surface area contributed by atoms with Crippen LogP contribution >= 0.6 is 0 Å². The van der Waals surface area contributed by atoms with E-state index >= 15 is 0 Å². The molecule has 3 aliphatic heterocycles. The molecule has 0 spiro atoms. The number of carbonyl (C=O) groups is 2. The molecule has 0 bridgehead atoms. The first-order valence-electron chi connectivity index (χ1n) is 5.74. The molecule has 0 saturated carbocycles. The molecule has 1 fully saturated rings. The van der Waals surface area contributed by atoms with Gasteiger partial charge in [0.05, 0.1) is 6.61 Å². The SMILES string of the molecule is O=C1N=CN=C2C1=NC(=O)N2[C@@H]1O[C@H](CO)[C@@H](O)[C@H]1O. The van der Waals surface area contributed by atoms with Crippen LogP contribution in [0, 0.1) is 0 Å². The van der Waals surface area contributed by atoms with E-state index < -0.39 is 43.1 Å². The van der Waals surface area contributed by atoms with Gasteiger partial charge in [0, 0.05) is 0 Å². The summed E-state index contributed by atoms with van der Waals surface area (Å²) in [6, 6.07) is -0.854. The van der Waals surface area contributed by atoms with Crippen LogP contribution in [-0.4, -0.2) is 81.2 Å². The Balaban J connectivity index is 1.92. The molecule has 0 aromatic carbocycles. The third-order valence-electron chi connectivity index (χ3n) is 3.18. The van der Waals surface area contributed by atoms with Gasteiger partial charge in [-0.3, -0.25) is 4.79 Å². The third kappa shape index (κ3) is 1.70. The number of aliphatic hydroxyl groups is 3. The fourth-order valence-corrected chi connectivity index (χ4v) is 2.19. The molecule has 0 unspecified atom stereocenters. The molecule has 0 aromatic heterocycles. The molecule has 3 aliphatic rings. The Labute approximate surface area is 111 Å². The zero-order valence-corrected chi connectivity index (χ0v) is 9.95. The predicted molar refractivity (Wildman–Crippen MR) is 63.4 cm³/mol. The van der Waals surface area contributed by atoms with Crippen LogP contribution in [0.1, 0.15) is 0 Å². The number of amides is 3. The van der Waals surface area contributed by atoms with Crippen LogP contribution in [0.2, 0.25) is 0 Å². The molecule has 3 rings (SSSR count). The summed E-state index contributed by atoms with van der Waals surface area (Å²) in [4.78, 5) is 34.8. The lowest BCUT2D eigenvalue weighted by Crippen LogP contribution is -2.49. The van der Waals surface area contributed by atoms with E-state index in [0.29, 0.717) is 0 Å². The Morgan fingerprint density at radius 3 is 2.70 bits per heavy atom. The normalized spacial score (nSPS) is 36.2. The van der Waals surface area contributed by atoms with E-state index in [-0.39, 0.29) is 11.5 Å². The summed E-state index contributed by atoms with van der Waals surface area (Å²) in [5, 5.41) is 28.6. The Hall–Kier alpha value is -2.01. The average Bonchev–Trinajstić information content (AvgIpc) is 2.90. The van der Waals surface area contributed by atoms with Crippen molar-refractivity contribution >= 4 is 29.8 Å². The molecule has 3 N–H and O–H groups in total. The van der Waals surface area contributed by atoms with Crippen LogP contribution < -0.4 is 0 Å². The van der Waals surface area contributed by atoms with Gasteiger partial charge in [0.1, 0.15) is 24.7 Å². The van der Waals surface area contributed by atoms with Crippen molar-refractivity contribution in [2.45, 2.75) is 24.5 Å². The molecule has 3 heterocycles. The summed E-state index contributed by atoms with van der Waals surface area (Å²) < 4.78 is 5.22. The Morgan fingerprint density at radius 2 is 2.05 bits per heavy atom. The monoisotopic (exact) mass is 282 g/mol. The maximum atomic E-state index is 11.8. The van der Waals surface area contributed by atoms with Gasteiger partial charge in [0.2, 0.25) is 0 Å². The number of amidine groups is 1. The second kappa shape index (κ2) is 4.52. The molecule has 10 nitrogen and oxygen atoms in total. The maximum absolute atomic E-state index is 11.8. The summed E-state index contributed by atoms with van der Waals surface area (Å²) >= 11 is 0. The highest BCUT2D eigenvalue weighted by Crippen LogP contribution is 2.27. The minimum atomic E-state index is -1.46. The minimum Gasteiger partial charge on any atom is -0.394 e. The van der Waals surface area contributed by atoms with Crippen molar-refractivity contribution in [3.8, 4) is 0 Å². The molecule has 3 amide bonds. The number of rotatable bonds is 2. The largest absolute Gasteiger partial charge is 0.394 e. The highest BCUT2D eigenvalue weighted by molar-refractivity contribution is 6.71. The van der Waals surface area contributed by atoms with Crippen molar-refractivity contribution in [2.24, 2.45) is 15.0 Å². The number of aliphatic hydroxyl groups excluding tert-OH is 3. The van der Waals surface area contributed by atoms with Gasteiger partial charge >= 0.3 is 11.9 Å². The van der Waals surface area contributed by atoms with Crippen LogP contribution in [0.5, 0.6) is 0 Å². The molecule has 1 saturated heterocycles. The summed E-state index contributed by atoms with van der Waals surface area (Å²) in [6.45, 7) is -0.530. The Kier molecular flexibility index (Phi) is 2.94. The number of hydrogen-bond donors (Lipinski definition) is 3. The van der Waals surface area contributed by atoms with Gasteiger partial charge in [-0.25, -0.2) is 14.7 Å². The number of fused-ring (bicyclic) bond motifs is 1. The van der Waals surface area contributed by atoms with E-state index in [1.165, 1.54) is 0 Å². The lowest BCUT2D eigenvalue weighted by molar-refractivity contribution is -0.111. The predicted octanol–water partition coefficient (Wildman–Crippen LogP) is -2.73. The Bertz CT molecular complexity index is 570. The second-order valence-corrected chi connectivity index (χ2v) is 4.34. The molecule has 10 heteroatoms. The zero-order chi connectivity index (χ0) is 14.4. The second-order valence-electron chi connectivity index (χ2n) is 4.34. The van der Waals surface area contributed by atoms with E-state index in [4.69, 9.17) is 9.84 Å². The van der Waals surface area contributed by atoms with Crippen LogP contribution in [0.25, 0.3) is 0 Å². The number of nitrogens with zero attached hydrogens (tertiary/aromatic N) is 4. The van der Waals surface area contributed by atoms with Gasteiger partial charge in [-0.2, -0.15) is 9.98 Å². The standard InChI is InChI=1S/C10H10N4O6/c15-1-3-5(16)6(17)9(20-3)14-7-4(13-10(14)19)8(18)12-2-11-7/h2-3,5-6,9,15-17H,1H2/t3-,5-,6-,9-/m1/s1. The molecule has 20 heavy (non-hydrogen) atoms. The van der Waals surface area contributed by atoms with Crippen LogP contribution in [0.4, 0.5) is 4.79 Å². The van der Waals surface area contributed by atoms with Crippen LogP contribution in [-0.2, 0) is 9.53 Å². The zero-order valence-electron chi connectivity index (χ0n) is 9.95. The van der Waals surface area contributed by atoms with Crippen molar-refractivity contribution < 1.29 is 29.6 Å². The van der Waals surface area contributed by atoms with Crippen molar-refractivity contribution in [3.63, 3.8) is 0 Å². The fraction of sp³-hybridized carbons (Fsp3) is 0.500. The molecule has 0 aliphatic carbocycles. The number of carbonyl (C=O) groups excluding carboxylic acids is 2. The van der Waals surface area contributed by atoms with E-state index in [1.807, 2.05) is 0 Å². The molecule has 106 valence electrons. The summed E-state index contributed by atoms with van der Waals surface area (Å²) in [7, 11) is 0. The van der Waals surface area contributed by atoms with Gasteiger partial charge in [0.15, 0.2) is 17.8 Å². The highest BCUT2D eigenvalue weighted by atomic mass is 16.6. The minimum absolute atomic E-state index is 0.0927. The van der Waals surface area contributed by atoms with E-state index in [2.05, 4.69) is 15.0 Å². The molecule has 0 radical (unpaired) electrons. The fourth-order valence-electron chi connectivity index (χ4n) is 2.19. The summed E-state index contributed by atoms with van der Waals surface area (Å²) in [5.41, 5.74) is -0.241. The smallest absolute Gasteiger partial charge is 0.352 e. The van der Waals surface area contributed by atoms with Gasteiger partial charge in [-0.15, -0.1) is 0 Å². The topological polar surface area (TPSA) is 144 Å². The number of aliphatic imine (C=N–C) groups is 3.